The van der Waals surface area contributed by atoms with Gasteiger partial charge in [-0.05, 0) is 47.7 Å². The van der Waals surface area contributed by atoms with Gasteiger partial charge in [0.2, 0.25) is 0 Å². The monoisotopic (exact) mass is 256 g/mol. The first-order chi connectivity index (χ1) is 9.15. The topological polar surface area (TPSA) is 29.5 Å². The van der Waals surface area contributed by atoms with E-state index < -0.39 is 6.10 Å². The third-order valence-electron chi connectivity index (χ3n) is 3.48. The van der Waals surface area contributed by atoms with Crippen LogP contribution in [-0.4, -0.2) is 12.2 Å². The summed E-state index contributed by atoms with van der Waals surface area (Å²) in [6, 6.07) is 13.9. The quantitative estimate of drug-likeness (QED) is 0.904. The number of ether oxygens (including phenoxy) is 1. The third-order valence-corrected chi connectivity index (χ3v) is 3.48. The molecule has 0 aliphatic carbocycles. The summed E-state index contributed by atoms with van der Waals surface area (Å²) in [5.74, 6) is 0.815. The van der Waals surface area contributed by atoms with E-state index in [0.29, 0.717) is 0 Å². The number of benzene rings is 2. The molecule has 0 aliphatic heterocycles. The van der Waals surface area contributed by atoms with Crippen molar-refractivity contribution in [3.63, 3.8) is 0 Å². The van der Waals surface area contributed by atoms with Crippen molar-refractivity contribution in [1.82, 2.24) is 0 Å². The van der Waals surface area contributed by atoms with E-state index >= 15 is 0 Å². The maximum absolute atomic E-state index is 10.5. The standard InChI is InChI=1S/C17H20O2/c1-4-13-5-7-14(8-6-13)17(18)16-10-9-15(19-3)11-12(16)2/h5-11,17-18H,4H2,1-3H3. The van der Waals surface area contributed by atoms with E-state index in [-0.39, 0.29) is 0 Å². The molecule has 0 heterocycles. The van der Waals surface area contributed by atoms with Crippen LogP contribution in [0.1, 0.15) is 35.3 Å². The van der Waals surface area contributed by atoms with E-state index in [0.717, 1.165) is 28.9 Å². The van der Waals surface area contributed by atoms with Gasteiger partial charge in [0.1, 0.15) is 11.9 Å². The van der Waals surface area contributed by atoms with Gasteiger partial charge in [-0.3, -0.25) is 0 Å². The highest BCUT2D eigenvalue weighted by Crippen LogP contribution is 2.27. The molecule has 1 unspecified atom stereocenters. The lowest BCUT2D eigenvalue weighted by atomic mass is 9.96. The fourth-order valence-corrected chi connectivity index (χ4v) is 2.20. The van der Waals surface area contributed by atoms with Crippen molar-refractivity contribution in [1.29, 1.82) is 0 Å². The van der Waals surface area contributed by atoms with E-state index in [9.17, 15) is 5.11 Å². The molecular formula is C17H20O2. The molecule has 0 aromatic heterocycles. The Morgan fingerprint density at radius 1 is 1.11 bits per heavy atom. The van der Waals surface area contributed by atoms with Crippen LogP contribution in [0, 0.1) is 6.92 Å². The molecule has 2 aromatic carbocycles. The second kappa shape index (κ2) is 5.89. The summed E-state index contributed by atoms with van der Waals surface area (Å²) in [5, 5.41) is 10.5. The Kier molecular flexibility index (Phi) is 4.23. The van der Waals surface area contributed by atoms with Crippen molar-refractivity contribution in [3.05, 3.63) is 64.7 Å². The number of hydrogen-bond acceptors (Lipinski definition) is 2. The SMILES string of the molecule is CCc1ccc(C(O)c2ccc(OC)cc2C)cc1. The molecule has 1 N–H and O–H groups in total. The van der Waals surface area contributed by atoms with Crippen molar-refractivity contribution in [2.24, 2.45) is 0 Å². The summed E-state index contributed by atoms with van der Waals surface area (Å²) < 4.78 is 5.18. The molecule has 2 heteroatoms. The van der Waals surface area contributed by atoms with Gasteiger partial charge in [0, 0.05) is 0 Å². The van der Waals surface area contributed by atoms with Gasteiger partial charge in [-0.2, -0.15) is 0 Å². The molecule has 0 aliphatic rings. The van der Waals surface area contributed by atoms with Crippen molar-refractivity contribution in [3.8, 4) is 5.75 Å². The van der Waals surface area contributed by atoms with Crippen LogP contribution >= 0.6 is 0 Å². The molecule has 2 rings (SSSR count). The molecule has 0 saturated carbocycles. The molecule has 0 saturated heterocycles. The van der Waals surface area contributed by atoms with E-state index in [2.05, 4.69) is 19.1 Å². The Hall–Kier alpha value is -1.80. The van der Waals surface area contributed by atoms with Crippen molar-refractivity contribution in [2.45, 2.75) is 26.4 Å². The zero-order valence-corrected chi connectivity index (χ0v) is 11.7. The summed E-state index contributed by atoms with van der Waals surface area (Å²) in [6.07, 6.45) is 0.426. The average molecular weight is 256 g/mol. The maximum atomic E-state index is 10.5. The van der Waals surface area contributed by atoms with E-state index in [1.165, 1.54) is 5.56 Å². The Morgan fingerprint density at radius 2 is 1.79 bits per heavy atom. The van der Waals surface area contributed by atoms with Gasteiger partial charge in [-0.1, -0.05) is 37.3 Å². The molecule has 2 nitrogen and oxygen atoms in total. The molecule has 0 spiro atoms. The van der Waals surface area contributed by atoms with Gasteiger partial charge in [0.25, 0.3) is 0 Å². The van der Waals surface area contributed by atoms with Crippen LogP contribution in [0.4, 0.5) is 0 Å². The van der Waals surface area contributed by atoms with Crippen molar-refractivity contribution >= 4 is 0 Å². The highest BCUT2D eigenvalue weighted by atomic mass is 16.5. The van der Waals surface area contributed by atoms with Gasteiger partial charge in [-0.15, -0.1) is 0 Å². The van der Waals surface area contributed by atoms with Gasteiger partial charge >= 0.3 is 0 Å². The second-order valence-electron chi connectivity index (χ2n) is 4.72. The minimum Gasteiger partial charge on any atom is -0.497 e. The van der Waals surface area contributed by atoms with Crippen molar-refractivity contribution < 1.29 is 9.84 Å². The van der Waals surface area contributed by atoms with E-state index in [1.54, 1.807) is 7.11 Å². The number of rotatable bonds is 4. The number of hydrogen-bond donors (Lipinski definition) is 1. The average Bonchev–Trinajstić information content (AvgIpc) is 2.46. The first-order valence-electron chi connectivity index (χ1n) is 6.57. The highest BCUT2D eigenvalue weighted by Gasteiger charge is 2.13. The summed E-state index contributed by atoms with van der Waals surface area (Å²) >= 11 is 0. The molecule has 1 atom stereocenters. The van der Waals surface area contributed by atoms with Crippen LogP contribution in [0.2, 0.25) is 0 Å². The normalized spacial score (nSPS) is 12.2. The van der Waals surface area contributed by atoms with Crippen LogP contribution in [0.5, 0.6) is 5.75 Å². The summed E-state index contributed by atoms with van der Waals surface area (Å²) in [7, 11) is 1.65. The lowest BCUT2D eigenvalue weighted by Gasteiger charge is -2.15. The van der Waals surface area contributed by atoms with Crippen LogP contribution in [0.25, 0.3) is 0 Å². The minimum absolute atomic E-state index is 0.586. The molecule has 0 bridgehead atoms. The molecule has 100 valence electrons. The van der Waals surface area contributed by atoms with Gasteiger partial charge in [0.15, 0.2) is 0 Å². The largest absolute Gasteiger partial charge is 0.497 e. The Morgan fingerprint density at radius 3 is 2.32 bits per heavy atom. The fraction of sp³-hybridized carbons (Fsp3) is 0.294. The minimum atomic E-state index is -0.586. The van der Waals surface area contributed by atoms with Crippen LogP contribution in [0.3, 0.4) is 0 Å². The van der Waals surface area contributed by atoms with Gasteiger partial charge < -0.3 is 9.84 Å². The maximum Gasteiger partial charge on any atom is 0.119 e. The van der Waals surface area contributed by atoms with Crippen LogP contribution in [0.15, 0.2) is 42.5 Å². The molecular weight excluding hydrogens is 236 g/mol. The third kappa shape index (κ3) is 2.96. The summed E-state index contributed by atoms with van der Waals surface area (Å²) in [6.45, 7) is 4.11. The van der Waals surface area contributed by atoms with Crippen LogP contribution in [-0.2, 0) is 6.42 Å². The van der Waals surface area contributed by atoms with Gasteiger partial charge in [0.05, 0.1) is 7.11 Å². The number of aryl methyl sites for hydroxylation is 2. The molecule has 19 heavy (non-hydrogen) atoms. The number of aliphatic hydroxyl groups excluding tert-OH is 1. The van der Waals surface area contributed by atoms with Crippen molar-refractivity contribution in [2.75, 3.05) is 7.11 Å². The Labute approximate surface area is 114 Å². The highest BCUT2D eigenvalue weighted by molar-refractivity contribution is 5.40. The zero-order chi connectivity index (χ0) is 13.8. The summed E-state index contributed by atoms with van der Waals surface area (Å²) in [5.41, 5.74) is 4.16. The number of aliphatic hydroxyl groups is 1. The summed E-state index contributed by atoms with van der Waals surface area (Å²) in [4.78, 5) is 0. The zero-order valence-electron chi connectivity index (χ0n) is 11.7. The molecule has 2 aromatic rings. The predicted octanol–water partition coefficient (Wildman–Crippen LogP) is 3.65. The molecule has 0 amide bonds. The van der Waals surface area contributed by atoms with Gasteiger partial charge in [-0.25, -0.2) is 0 Å². The predicted molar refractivity (Wildman–Crippen MR) is 77.6 cm³/mol. The molecule has 0 fully saturated rings. The first-order valence-corrected chi connectivity index (χ1v) is 6.57. The fourth-order valence-electron chi connectivity index (χ4n) is 2.20. The Bertz CT molecular complexity index is 544. The lowest BCUT2D eigenvalue weighted by molar-refractivity contribution is 0.219. The first kappa shape index (κ1) is 13.6. The smallest absolute Gasteiger partial charge is 0.119 e. The van der Waals surface area contributed by atoms with E-state index in [1.807, 2.05) is 37.3 Å². The second-order valence-corrected chi connectivity index (χ2v) is 4.72. The number of methoxy groups -OCH3 is 1. The van der Waals surface area contributed by atoms with Crippen LogP contribution < -0.4 is 4.74 Å². The Balaban J connectivity index is 2.29. The molecule has 0 radical (unpaired) electrons. The lowest BCUT2D eigenvalue weighted by Crippen LogP contribution is -2.02. The van der Waals surface area contributed by atoms with E-state index in [4.69, 9.17) is 4.74 Å².